The molecule has 3 aromatic rings. The van der Waals surface area contributed by atoms with Gasteiger partial charge in [0.2, 0.25) is 0 Å². The summed E-state index contributed by atoms with van der Waals surface area (Å²) in [6.45, 7) is 13.1. The molecule has 0 spiro atoms. The summed E-state index contributed by atoms with van der Waals surface area (Å²) in [4.78, 5) is 24.3. The van der Waals surface area contributed by atoms with Gasteiger partial charge in [0, 0.05) is 41.2 Å². The van der Waals surface area contributed by atoms with Crippen LogP contribution < -0.4 is 15.2 Å². The highest BCUT2D eigenvalue weighted by Gasteiger charge is 2.40. The van der Waals surface area contributed by atoms with Crippen molar-refractivity contribution in [1.82, 2.24) is 14.5 Å². The van der Waals surface area contributed by atoms with Crippen molar-refractivity contribution in [1.29, 1.82) is 0 Å². The van der Waals surface area contributed by atoms with E-state index in [0.717, 1.165) is 35.1 Å². The maximum absolute atomic E-state index is 12.6. The SMILES string of the molecule is COc1cc2c(cc1-c1cnn(C3CC(C)(C)OC(C)(C)C3)c1)CN(C(C)C)n1cc(C(=O)O)c(=O)cc1-2. The van der Waals surface area contributed by atoms with Crippen LogP contribution >= 0.6 is 0 Å². The zero-order chi connectivity index (χ0) is 27.6. The molecule has 0 bridgehead atoms. The number of hydrogen-bond acceptors (Lipinski definition) is 6. The molecule has 1 saturated heterocycles. The second-order valence-electron chi connectivity index (χ2n) is 11.9. The Labute approximate surface area is 222 Å². The molecule has 5 rings (SSSR count). The Morgan fingerprint density at radius 3 is 2.39 bits per heavy atom. The lowest BCUT2D eigenvalue weighted by atomic mass is 9.85. The number of carboxylic acids is 1. The lowest BCUT2D eigenvalue weighted by Crippen LogP contribution is -2.45. The molecule has 2 aliphatic rings. The van der Waals surface area contributed by atoms with Crippen LogP contribution in [0.25, 0.3) is 22.4 Å². The van der Waals surface area contributed by atoms with Gasteiger partial charge in [-0.3, -0.25) is 14.2 Å². The Kier molecular flexibility index (Phi) is 6.17. The Morgan fingerprint density at radius 2 is 1.79 bits per heavy atom. The molecule has 0 radical (unpaired) electrons. The second kappa shape index (κ2) is 9.01. The van der Waals surface area contributed by atoms with Crippen molar-refractivity contribution in [3.8, 4) is 28.1 Å². The van der Waals surface area contributed by atoms with Gasteiger partial charge in [-0.1, -0.05) is 0 Å². The van der Waals surface area contributed by atoms with Crippen LogP contribution in [-0.2, 0) is 11.3 Å². The highest BCUT2D eigenvalue weighted by Crippen LogP contribution is 2.43. The van der Waals surface area contributed by atoms with Crippen LogP contribution in [0.15, 0.2) is 41.6 Å². The van der Waals surface area contributed by atoms with Gasteiger partial charge < -0.3 is 19.6 Å². The predicted molar refractivity (Wildman–Crippen MR) is 145 cm³/mol. The molecule has 1 N–H and O–H groups in total. The maximum Gasteiger partial charge on any atom is 0.341 e. The van der Waals surface area contributed by atoms with E-state index in [9.17, 15) is 14.7 Å². The fourth-order valence-corrected chi connectivity index (χ4v) is 6.07. The van der Waals surface area contributed by atoms with E-state index in [1.54, 1.807) is 11.8 Å². The first-order valence-electron chi connectivity index (χ1n) is 13.0. The maximum atomic E-state index is 12.6. The van der Waals surface area contributed by atoms with E-state index < -0.39 is 11.4 Å². The highest BCUT2D eigenvalue weighted by atomic mass is 16.5. The van der Waals surface area contributed by atoms with Gasteiger partial charge in [-0.05, 0) is 72.1 Å². The number of aromatic carboxylic acids is 1. The van der Waals surface area contributed by atoms with Gasteiger partial charge in [0.05, 0.1) is 42.8 Å². The summed E-state index contributed by atoms with van der Waals surface area (Å²) in [7, 11) is 1.63. The Balaban J connectivity index is 1.59. The van der Waals surface area contributed by atoms with Crippen LogP contribution in [0.4, 0.5) is 0 Å². The normalized spacial score (nSPS) is 18.3. The largest absolute Gasteiger partial charge is 0.496 e. The van der Waals surface area contributed by atoms with E-state index >= 15 is 0 Å². The van der Waals surface area contributed by atoms with E-state index in [1.165, 1.54) is 12.3 Å². The molecule has 0 aliphatic carbocycles. The Bertz CT molecular complexity index is 1450. The van der Waals surface area contributed by atoms with Crippen molar-refractivity contribution < 1.29 is 19.4 Å². The molecule has 2 aromatic heterocycles. The molecular formula is C29H36N4O5. The molecule has 202 valence electrons. The number of carboxylic acid groups (broad SMARTS) is 1. The molecule has 9 heteroatoms. The van der Waals surface area contributed by atoms with Crippen LogP contribution in [0.1, 0.15) is 76.3 Å². The minimum absolute atomic E-state index is 0.0691. The van der Waals surface area contributed by atoms with Gasteiger partial charge in [-0.25, -0.2) is 4.79 Å². The summed E-state index contributed by atoms with van der Waals surface area (Å²) in [5, 5.41) is 16.3. The van der Waals surface area contributed by atoms with Gasteiger partial charge in [0.1, 0.15) is 11.3 Å². The van der Waals surface area contributed by atoms with E-state index in [0.29, 0.717) is 18.0 Å². The molecular weight excluding hydrogens is 484 g/mol. The van der Waals surface area contributed by atoms with Gasteiger partial charge in [-0.15, -0.1) is 0 Å². The zero-order valence-corrected chi connectivity index (χ0v) is 23.1. The fourth-order valence-electron chi connectivity index (χ4n) is 6.07. The number of rotatable bonds is 5. The van der Waals surface area contributed by atoms with Gasteiger partial charge >= 0.3 is 5.97 Å². The van der Waals surface area contributed by atoms with Gasteiger partial charge in [0.25, 0.3) is 0 Å². The molecule has 1 aromatic carbocycles. The van der Waals surface area contributed by atoms with E-state index in [2.05, 4.69) is 45.0 Å². The first-order chi connectivity index (χ1) is 17.8. The van der Waals surface area contributed by atoms with Crippen molar-refractivity contribution in [2.75, 3.05) is 12.1 Å². The van der Waals surface area contributed by atoms with Crippen LogP contribution in [0.2, 0.25) is 0 Å². The molecule has 0 unspecified atom stereocenters. The topological polar surface area (TPSA) is 98.8 Å². The van der Waals surface area contributed by atoms with Crippen molar-refractivity contribution in [2.45, 2.75) is 84.2 Å². The lowest BCUT2D eigenvalue weighted by molar-refractivity contribution is -0.170. The Hall–Kier alpha value is -3.59. The lowest BCUT2D eigenvalue weighted by Gasteiger charge is -2.45. The predicted octanol–water partition coefficient (Wildman–Crippen LogP) is 4.85. The monoisotopic (exact) mass is 520 g/mol. The van der Waals surface area contributed by atoms with E-state index in [4.69, 9.17) is 14.6 Å². The number of methoxy groups -OCH3 is 1. The highest BCUT2D eigenvalue weighted by molar-refractivity contribution is 5.88. The minimum Gasteiger partial charge on any atom is -0.496 e. The second-order valence-corrected chi connectivity index (χ2v) is 11.9. The minimum atomic E-state index is -1.24. The zero-order valence-electron chi connectivity index (χ0n) is 23.1. The standard InChI is InChI=1S/C29H36N4O5/c1-17(2)32-15-18-8-22(19-13-30-31(14-19)20-11-28(3,4)38-29(5,6)12-20)26(37-7)9-21(18)24-10-25(34)23(27(35)36)16-33(24)32/h8-10,13-14,16-17,20H,11-12,15H2,1-7H3,(H,35,36). The fraction of sp³-hybridized carbons (Fsp3) is 0.483. The third-order valence-electron chi connectivity index (χ3n) is 7.46. The average Bonchev–Trinajstić information content (AvgIpc) is 3.30. The molecule has 0 saturated carbocycles. The summed E-state index contributed by atoms with van der Waals surface area (Å²) in [6.07, 6.45) is 7.11. The summed E-state index contributed by atoms with van der Waals surface area (Å²) < 4.78 is 15.9. The molecule has 38 heavy (non-hydrogen) atoms. The molecule has 2 aliphatic heterocycles. The molecule has 0 amide bonds. The first-order valence-corrected chi connectivity index (χ1v) is 13.0. The number of ether oxygens (including phenoxy) is 2. The number of hydrogen-bond donors (Lipinski definition) is 1. The summed E-state index contributed by atoms with van der Waals surface area (Å²) in [5.41, 5.74) is 3.13. The summed E-state index contributed by atoms with van der Waals surface area (Å²) >= 11 is 0. The van der Waals surface area contributed by atoms with Crippen molar-refractivity contribution in [3.63, 3.8) is 0 Å². The van der Waals surface area contributed by atoms with Crippen molar-refractivity contribution in [2.24, 2.45) is 0 Å². The summed E-state index contributed by atoms with van der Waals surface area (Å²) in [5.74, 6) is -0.573. The van der Waals surface area contributed by atoms with Gasteiger partial charge in [-0.2, -0.15) is 5.10 Å². The summed E-state index contributed by atoms with van der Waals surface area (Å²) in [6, 6.07) is 5.72. The molecule has 0 atom stereocenters. The van der Waals surface area contributed by atoms with E-state index in [-0.39, 0.29) is 28.8 Å². The van der Waals surface area contributed by atoms with Crippen LogP contribution in [-0.4, -0.2) is 49.9 Å². The molecule has 1 fully saturated rings. The number of pyridine rings is 1. The third-order valence-corrected chi connectivity index (χ3v) is 7.46. The number of nitrogens with zero attached hydrogens (tertiary/aromatic N) is 4. The molecule has 4 heterocycles. The average molecular weight is 521 g/mol. The third kappa shape index (κ3) is 4.60. The quantitative estimate of drug-likeness (QED) is 0.513. The van der Waals surface area contributed by atoms with E-state index in [1.807, 2.05) is 30.8 Å². The first kappa shape index (κ1) is 26.0. The van der Waals surface area contributed by atoms with Crippen molar-refractivity contribution >= 4 is 5.97 Å². The van der Waals surface area contributed by atoms with Crippen LogP contribution in [0, 0.1) is 0 Å². The van der Waals surface area contributed by atoms with Crippen LogP contribution in [0.3, 0.4) is 0 Å². The number of aromatic nitrogens is 3. The smallest absolute Gasteiger partial charge is 0.341 e. The Morgan fingerprint density at radius 1 is 1.11 bits per heavy atom. The number of benzene rings is 1. The number of carbonyl (C=O) groups is 1. The molecule has 9 nitrogen and oxygen atoms in total. The van der Waals surface area contributed by atoms with Crippen LogP contribution in [0.5, 0.6) is 5.75 Å². The van der Waals surface area contributed by atoms with Gasteiger partial charge in [0.15, 0.2) is 5.43 Å². The number of fused-ring (bicyclic) bond motifs is 3. The van der Waals surface area contributed by atoms with Crippen molar-refractivity contribution in [3.05, 3.63) is 58.1 Å².